The Hall–Kier alpha value is -2.37. The Morgan fingerprint density at radius 1 is 1.38 bits per heavy atom. The fraction of sp³-hybridized carbons (Fsp3) is 0.400. The van der Waals surface area contributed by atoms with Gasteiger partial charge in [-0.1, -0.05) is 5.16 Å². The summed E-state index contributed by atoms with van der Waals surface area (Å²) in [5.74, 6) is 0.745. The first kappa shape index (κ1) is 15.0. The fourth-order valence-electron chi connectivity index (χ4n) is 2.07. The monoisotopic (exact) mass is 288 g/mol. The maximum atomic E-state index is 12.2. The Morgan fingerprint density at radius 2 is 2.05 bits per heavy atom. The van der Waals surface area contributed by atoms with Crippen molar-refractivity contribution in [3.05, 3.63) is 47.1 Å². The summed E-state index contributed by atoms with van der Waals surface area (Å²) in [5.41, 5.74) is 2.78. The average Bonchev–Trinajstić information content (AvgIpc) is 2.79. The van der Waals surface area contributed by atoms with E-state index in [0.29, 0.717) is 6.54 Å². The van der Waals surface area contributed by atoms with Gasteiger partial charge in [0.15, 0.2) is 0 Å². The molecule has 6 nitrogen and oxygen atoms in total. The molecular weight excluding hydrogens is 268 g/mol. The van der Waals surface area contributed by atoms with E-state index >= 15 is 0 Å². The van der Waals surface area contributed by atoms with Gasteiger partial charge in [0.2, 0.25) is 0 Å². The van der Waals surface area contributed by atoms with Crippen LogP contribution < -0.4 is 5.32 Å². The van der Waals surface area contributed by atoms with Crippen molar-refractivity contribution in [2.24, 2.45) is 0 Å². The summed E-state index contributed by atoms with van der Waals surface area (Å²) in [5, 5.41) is 6.85. The van der Waals surface area contributed by atoms with Crippen LogP contribution in [0.3, 0.4) is 0 Å². The number of hydrogen-bond acceptors (Lipinski definition) is 4. The summed E-state index contributed by atoms with van der Waals surface area (Å²) >= 11 is 0. The van der Waals surface area contributed by atoms with Crippen LogP contribution in [0.15, 0.2) is 29.0 Å². The number of hydrogen-bond donors (Lipinski definition) is 1. The molecule has 112 valence electrons. The summed E-state index contributed by atoms with van der Waals surface area (Å²) < 4.78 is 5.11. The van der Waals surface area contributed by atoms with Crippen LogP contribution in [0, 0.1) is 13.8 Å². The van der Waals surface area contributed by atoms with E-state index in [1.165, 1.54) is 0 Å². The predicted molar refractivity (Wildman–Crippen MR) is 78.6 cm³/mol. The summed E-state index contributed by atoms with van der Waals surface area (Å²) in [6, 6.07) is 3.56. The third-order valence-electron chi connectivity index (χ3n) is 3.47. The molecule has 0 bridgehead atoms. The minimum atomic E-state index is -0.140. The number of aryl methyl sites for hydroxylation is 2. The molecule has 0 aliphatic carbocycles. The summed E-state index contributed by atoms with van der Waals surface area (Å²) in [6.45, 7) is 6.13. The van der Waals surface area contributed by atoms with Gasteiger partial charge < -0.3 is 14.7 Å². The van der Waals surface area contributed by atoms with Gasteiger partial charge in [-0.3, -0.25) is 4.98 Å². The minimum absolute atomic E-state index is 0.0763. The smallest absolute Gasteiger partial charge is 0.317 e. The maximum Gasteiger partial charge on any atom is 0.317 e. The number of amides is 2. The third kappa shape index (κ3) is 3.59. The Balaban J connectivity index is 1.97. The van der Waals surface area contributed by atoms with Gasteiger partial charge in [0.25, 0.3) is 0 Å². The zero-order chi connectivity index (χ0) is 15.4. The van der Waals surface area contributed by atoms with Gasteiger partial charge in [-0.2, -0.15) is 0 Å². The van der Waals surface area contributed by atoms with Crippen LogP contribution in [0.25, 0.3) is 0 Å². The lowest BCUT2D eigenvalue weighted by Crippen LogP contribution is -2.38. The van der Waals surface area contributed by atoms with E-state index in [-0.39, 0.29) is 12.1 Å². The van der Waals surface area contributed by atoms with E-state index in [1.807, 2.05) is 32.9 Å². The van der Waals surface area contributed by atoms with Gasteiger partial charge in [0, 0.05) is 25.0 Å². The topological polar surface area (TPSA) is 71.3 Å². The van der Waals surface area contributed by atoms with Crippen molar-refractivity contribution in [1.82, 2.24) is 20.4 Å². The van der Waals surface area contributed by atoms with Crippen molar-refractivity contribution >= 4 is 6.03 Å². The molecular formula is C15H20N4O2. The molecule has 0 spiro atoms. The molecule has 0 fully saturated rings. The first-order valence-electron chi connectivity index (χ1n) is 6.82. The number of rotatable bonds is 4. The second-order valence-electron chi connectivity index (χ2n) is 5.11. The van der Waals surface area contributed by atoms with E-state index < -0.39 is 0 Å². The summed E-state index contributed by atoms with van der Waals surface area (Å²) in [7, 11) is 1.75. The molecule has 2 aromatic rings. The molecule has 0 aliphatic rings. The van der Waals surface area contributed by atoms with Gasteiger partial charge in [-0.25, -0.2) is 4.79 Å². The van der Waals surface area contributed by atoms with E-state index in [1.54, 1.807) is 24.3 Å². The second kappa shape index (κ2) is 6.39. The molecule has 0 aromatic carbocycles. The van der Waals surface area contributed by atoms with Crippen LogP contribution in [0.5, 0.6) is 0 Å². The molecule has 6 heteroatoms. The number of nitrogens with zero attached hydrogens (tertiary/aromatic N) is 3. The number of aromatic nitrogens is 2. The molecule has 0 radical (unpaired) electrons. The zero-order valence-corrected chi connectivity index (χ0v) is 12.8. The van der Waals surface area contributed by atoms with Crippen LogP contribution in [0.2, 0.25) is 0 Å². The highest BCUT2D eigenvalue weighted by molar-refractivity contribution is 5.74. The molecule has 1 N–H and O–H groups in total. The number of carbonyl (C=O) groups is 1. The van der Waals surface area contributed by atoms with Crippen LogP contribution in [0.4, 0.5) is 4.79 Å². The van der Waals surface area contributed by atoms with Crippen molar-refractivity contribution in [1.29, 1.82) is 0 Å². The lowest BCUT2D eigenvalue weighted by atomic mass is 10.1. The van der Waals surface area contributed by atoms with E-state index in [2.05, 4.69) is 15.5 Å². The summed E-state index contributed by atoms with van der Waals surface area (Å²) in [6.07, 6.45) is 3.43. The molecule has 0 saturated heterocycles. The van der Waals surface area contributed by atoms with E-state index in [0.717, 1.165) is 22.6 Å². The molecule has 2 heterocycles. The second-order valence-corrected chi connectivity index (χ2v) is 5.11. The maximum absolute atomic E-state index is 12.2. The Bertz CT molecular complexity index is 590. The average molecular weight is 288 g/mol. The van der Waals surface area contributed by atoms with Gasteiger partial charge >= 0.3 is 6.03 Å². The molecule has 2 rings (SSSR count). The molecule has 21 heavy (non-hydrogen) atoms. The Morgan fingerprint density at radius 3 is 2.62 bits per heavy atom. The van der Waals surface area contributed by atoms with E-state index in [9.17, 15) is 4.79 Å². The van der Waals surface area contributed by atoms with E-state index in [4.69, 9.17) is 4.52 Å². The van der Waals surface area contributed by atoms with Crippen molar-refractivity contribution in [3.8, 4) is 0 Å². The molecule has 0 saturated carbocycles. The number of nitrogens with one attached hydrogen (secondary N) is 1. The number of carbonyl (C=O) groups excluding carboxylic acids is 1. The molecule has 0 aliphatic heterocycles. The largest absolute Gasteiger partial charge is 0.361 e. The summed E-state index contributed by atoms with van der Waals surface area (Å²) in [4.78, 5) is 17.8. The highest BCUT2D eigenvalue weighted by Crippen LogP contribution is 2.15. The zero-order valence-electron chi connectivity index (χ0n) is 12.8. The van der Waals surface area contributed by atoms with Crippen LogP contribution in [0.1, 0.15) is 35.5 Å². The highest BCUT2D eigenvalue weighted by atomic mass is 16.5. The molecule has 2 amide bonds. The van der Waals surface area contributed by atoms with Crippen molar-refractivity contribution < 1.29 is 9.32 Å². The van der Waals surface area contributed by atoms with Gasteiger partial charge in [-0.05, 0) is 38.5 Å². The lowest BCUT2D eigenvalue weighted by molar-refractivity contribution is 0.203. The SMILES string of the molecule is Cc1noc(C)c1CN(C)C(=O)NC(C)c1ccncc1. The quantitative estimate of drug-likeness (QED) is 0.938. The van der Waals surface area contributed by atoms with Crippen LogP contribution in [-0.2, 0) is 6.54 Å². The number of urea groups is 1. The van der Waals surface area contributed by atoms with Crippen molar-refractivity contribution in [2.45, 2.75) is 33.4 Å². The third-order valence-corrected chi connectivity index (χ3v) is 3.47. The first-order chi connectivity index (χ1) is 9.99. The van der Waals surface area contributed by atoms with Gasteiger partial charge in [0.1, 0.15) is 5.76 Å². The van der Waals surface area contributed by atoms with Gasteiger partial charge in [-0.15, -0.1) is 0 Å². The molecule has 2 aromatic heterocycles. The molecule has 1 unspecified atom stereocenters. The van der Waals surface area contributed by atoms with Crippen molar-refractivity contribution in [3.63, 3.8) is 0 Å². The Labute approximate surface area is 124 Å². The first-order valence-corrected chi connectivity index (χ1v) is 6.82. The normalized spacial score (nSPS) is 12.0. The lowest BCUT2D eigenvalue weighted by Gasteiger charge is -2.21. The molecule has 1 atom stereocenters. The predicted octanol–water partition coefficient (Wildman–Crippen LogP) is 2.59. The van der Waals surface area contributed by atoms with Crippen molar-refractivity contribution in [2.75, 3.05) is 7.05 Å². The van der Waals surface area contributed by atoms with Crippen LogP contribution >= 0.6 is 0 Å². The van der Waals surface area contributed by atoms with Crippen LogP contribution in [-0.4, -0.2) is 28.1 Å². The number of pyridine rings is 1. The minimum Gasteiger partial charge on any atom is -0.361 e. The van der Waals surface area contributed by atoms with Gasteiger partial charge in [0.05, 0.1) is 18.3 Å². The Kier molecular flexibility index (Phi) is 4.57. The standard InChI is InChI=1S/C15H20N4O2/c1-10(13-5-7-16-8-6-13)17-15(20)19(4)9-14-11(2)18-21-12(14)3/h5-8,10H,9H2,1-4H3,(H,17,20). The highest BCUT2D eigenvalue weighted by Gasteiger charge is 2.17. The fourth-order valence-corrected chi connectivity index (χ4v) is 2.07.